The van der Waals surface area contributed by atoms with Crippen LogP contribution in [0.5, 0.6) is 0 Å². The Labute approximate surface area is 430 Å². The summed E-state index contributed by atoms with van der Waals surface area (Å²) in [6.45, 7) is 4.87. The van der Waals surface area contributed by atoms with E-state index in [1.165, 1.54) is 257 Å². The number of aliphatic hydroxyl groups is 2. The molecule has 0 aromatic carbocycles. The summed E-state index contributed by atoms with van der Waals surface area (Å²) < 4.78 is 5.47. The first-order valence-electron chi connectivity index (χ1n) is 30.8. The van der Waals surface area contributed by atoms with Crippen molar-refractivity contribution in [2.24, 2.45) is 0 Å². The molecule has 0 aliphatic carbocycles. The Morgan fingerprint density at radius 3 is 1.04 bits per heavy atom. The van der Waals surface area contributed by atoms with Crippen LogP contribution in [0.1, 0.15) is 328 Å². The van der Waals surface area contributed by atoms with Crippen LogP contribution < -0.4 is 5.32 Å². The monoisotopic (exact) mass is 970 g/mol. The minimum atomic E-state index is -0.842. The smallest absolute Gasteiger partial charge is 0.305 e. The lowest BCUT2D eigenvalue weighted by atomic mass is 10.0. The third-order valence-corrected chi connectivity index (χ3v) is 14.1. The molecular formula is C63H119NO5. The molecule has 0 aromatic rings. The zero-order valence-corrected chi connectivity index (χ0v) is 46.3. The predicted molar refractivity (Wildman–Crippen MR) is 301 cm³/mol. The van der Waals surface area contributed by atoms with E-state index in [0.29, 0.717) is 19.4 Å². The number of ether oxygens (including phenoxy) is 1. The topological polar surface area (TPSA) is 95.9 Å². The average molecular weight is 971 g/mol. The highest BCUT2D eigenvalue weighted by Gasteiger charge is 2.18. The van der Waals surface area contributed by atoms with Gasteiger partial charge in [0.25, 0.3) is 0 Å². The van der Waals surface area contributed by atoms with Crippen LogP contribution in [-0.2, 0) is 14.3 Å². The summed E-state index contributed by atoms with van der Waals surface area (Å²) in [4.78, 5) is 24.4. The molecular weight excluding hydrogens is 851 g/mol. The lowest BCUT2D eigenvalue weighted by Crippen LogP contribution is -2.45. The maximum atomic E-state index is 12.4. The maximum absolute atomic E-state index is 12.4. The Balaban J connectivity index is 3.36. The Morgan fingerprint density at radius 2 is 0.681 bits per heavy atom. The van der Waals surface area contributed by atoms with Gasteiger partial charge in [0.05, 0.1) is 25.4 Å². The van der Waals surface area contributed by atoms with Gasteiger partial charge in [0.2, 0.25) is 5.91 Å². The highest BCUT2D eigenvalue weighted by molar-refractivity contribution is 5.76. The predicted octanol–water partition coefficient (Wildman–Crippen LogP) is 19.2. The first kappa shape index (κ1) is 67.1. The second kappa shape index (κ2) is 58.6. The largest absolute Gasteiger partial charge is 0.466 e. The van der Waals surface area contributed by atoms with E-state index < -0.39 is 12.1 Å². The Kier molecular flexibility index (Phi) is 57.0. The molecule has 0 saturated carbocycles. The number of unbranched alkanes of at least 4 members (excludes halogenated alkanes) is 42. The van der Waals surface area contributed by atoms with Gasteiger partial charge in [-0.05, 0) is 83.5 Å². The Bertz CT molecular complexity index is 1120. The minimum absolute atomic E-state index is 0.00662. The van der Waals surface area contributed by atoms with Crippen LogP contribution in [0.4, 0.5) is 0 Å². The summed E-state index contributed by atoms with van der Waals surface area (Å²) in [6, 6.07) is -0.625. The van der Waals surface area contributed by atoms with Gasteiger partial charge in [-0.15, -0.1) is 0 Å². The number of hydrogen-bond donors (Lipinski definition) is 3. The summed E-state index contributed by atoms with van der Waals surface area (Å²) in [7, 11) is 0. The lowest BCUT2D eigenvalue weighted by Gasteiger charge is -2.20. The molecule has 6 heteroatoms. The molecule has 0 heterocycles. The molecule has 0 aromatic heterocycles. The number of nitrogens with one attached hydrogen (secondary N) is 1. The molecule has 0 fully saturated rings. The highest BCUT2D eigenvalue weighted by atomic mass is 16.5. The van der Waals surface area contributed by atoms with Crippen LogP contribution in [-0.4, -0.2) is 47.4 Å². The number of carbonyl (C=O) groups is 2. The molecule has 0 spiro atoms. The van der Waals surface area contributed by atoms with Gasteiger partial charge in [-0.3, -0.25) is 9.59 Å². The van der Waals surface area contributed by atoms with Crippen LogP contribution >= 0.6 is 0 Å². The zero-order valence-electron chi connectivity index (χ0n) is 46.3. The van der Waals surface area contributed by atoms with Crippen LogP contribution in [0, 0.1) is 0 Å². The molecule has 0 aliphatic rings. The molecule has 3 N–H and O–H groups in total. The van der Waals surface area contributed by atoms with Crippen molar-refractivity contribution in [1.82, 2.24) is 5.32 Å². The first-order valence-corrected chi connectivity index (χ1v) is 30.8. The van der Waals surface area contributed by atoms with E-state index >= 15 is 0 Å². The van der Waals surface area contributed by atoms with Crippen LogP contribution in [0.2, 0.25) is 0 Å². The fraction of sp³-hybridized carbons (Fsp3) is 0.873. The van der Waals surface area contributed by atoms with Crippen LogP contribution in [0.3, 0.4) is 0 Å². The third kappa shape index (κ3) is 55.2. The van der Waals surface area contributed by atoms with E-state index in [-0.39, 0.29) is 18.5 Å². The molecule has 0 radical (unpaired) electrons. The van der Waals surface area contributed by atoms with E-state index in [4.69, 9.17) is 4.74 Å². The number of allylic oxidation sites excluding steroid dienone is 5. The highest BCUT2D eigenvalue weighted by Crippen LogP contribution is 2.17. The van der Waals surface area contributed by atoms with Crippen LogP contribution in [0.25, 0.3) is 0 Å². The number of carbonyl (C=O) groups excluding carboxylic acids is 2. The lowest BCUT2D eigenvalue weighted by molar-refractivity contribution is -0.143. The van der Waals surface area contributed by atoms with Crippen LogP contribution in [0.15, 0.2) is 36.5 Å². The molecule has 2 atom stereocenters. The fourth-order valence-electron chi connectivity index (χ4n) is 9.39. The van der Waals surface area contributed by atoms with Gasteiger partial charge in [-0.2, -0.15) is 0 Å². The number of aliphatic hydroxyl groups excluding tert-OH is 2. The number of rotatable bonds is 57. The maximum Gasteiger partial charge on any atom is 0.305 e. The number of esters is 1. The molecule has 0 rings (SSSR count). The molecule has 1 amide bonds. The quantitative estimate of drug-likeness (QED) is 0.0321. The van der Waals surface area contributed by atoms with Gasteiger partial charge in [0.15, 0.2) is 0 Å². The summed E-state index contributed by atoms with van der Waals surface area (Å²) in [5.41, 5.74) is 0. The third-order valence-electron chi connectivity index (χ3n) is 14.1. The standard InChI is InChI=1S/C63H119NO5/c1-3-5-7-9-11-13-15-33-37-41-45-49-53-57-63(68)69-58-54-50-46-42-38-35-32-30-28-26-24-22-20-18-16-17-19-21-23-25-27-29-31-34-36-40-44-48-52-56-62(67)64-60(59-65)61(66)55-51-47-43-39-14-12-10-8-6-4-2/h13,15-16,18,51,55,60-61,65-66H,3-12,14,17,19-50,52-54,56-59H2,1-2H3,(H,64,67)/b15-13-,18-16-,55-51+. The number of hydrogen-bond acceptors (Lipinski definition) is 5. The molecule has 6 nitrogen and oxygen atoms in total. The summed E-state index contributed by atoms with van der Waals surface area (Å²) in [6.07, 6.45) is 73.4. The average Bonchev–Trinajstić information content (AvgIpc) is 3.35. The van der Waals surface area contributed by atoms with Crippen molar-refractivity contribution in [3.63, 3.8) is 0 Å². The van der Waals surface area contributed by atoms with E-state index in [1.54, 1.807) is 6.08 Å². The van der Waals surface area contributed by atoms with Crippen molar-refractivity contribution >= 4 is 11.9 Å². The molecule has 0 saturated heterocycles. The normalized spacial score (nSPS) is 12.8. The van der Waals surface area contributed by atoms with E-state index in [9.17, 15) is 19.8 Å². The Hall–Kier alpha value is -1.92. The van der Waals surface area contributed by atoms with Gasteiger partial charge in [0.1, 0.15) is 0 Å². The van der Waals surface area contributed by atoms with E-state index in [1.807, 2.05) is 6.08 Å². The van der Waals surface area contributed by atoms with Crippen molar-refractivity contribution in [2.45, 2.75) is 341 Å². The van der Waals surface area contributed by atoms with Crippen molar-refractivity contribution in [2.75, 3.05) is 13.2 Å². The summed E-state index contributed by atoms with van der Waals surface area (Å²) >= 11 is 0. The SMILES string of the molecule is CCCCCC/C=C\CCCCCCCC(=O)OCCCCCCCCCCCCCC/C=C\CCCCCCCCCCCCCCCC(=O)NC(CO)C(O)/C=C/CCCCCCCCCC. The Morgan fingerprint density at radius 1 is 0.391 bits per heavy atom. The summed E-state index contributed by atoms with van der Waals surface area (Å²) in [5, 5.41) is 23.0. The first-order chi connectivity index (χ1) is 34.0. The van der Waals surface area contributed by atoms with E-state index in [2.05, 4.69) is 43.5 Å². The van der Waals surface area contributed by atoms with Gasteiger partial charge in [-0.25, -0.2) is 0 Å². The zero-order chi connectivity index (χ0) is 50.0. The molecule has 406 valence electrons. The second-order valence-corrected chi connectivity index (χ2v) is 21.0. The second-order valence-electron chi connectivity index (χ2n) is 21.0. The molecule has 2 unspecified atom stereocenters. The molecule has 0 bridgehead atoms. The summed E-state index contributed by atoms with van der Waals surface area (Å²) in [5.74, 6) is -0.0621. The number of amides is 1. The molecule has 0 aliphatic heterocycles. The molecule has 69 heavy (non-hydrogen) atoms. The van der Waals surface area contributed by atoms with Gasteiger partial charge in [0, 0.05) is 12.8 Å². The van der Waals surface area contributed by atoms with Crippen molar-refractivity contribution in [3.05, 3.63) is 36.5 Å². The minimum Gasteiger partial charge on any atom is -0.466 e. The van der Waals surface area contributed by atoms with Gasteiger partial charge in [-0.1, -0.05) is 269 Å². The van der Waals surface area contributed by atoms with Crippen molar-refractivity contribution < 1.29 is 24.5 Å². The van der Waals surface area contributed by atoms with Crippen molar-refractivity contribution in [3.8, 4) is 0 Å². The van der Waals surface area contributed by atoms with Crippen molar-refractivity contribution in [1.29, 1.82) is 0 Å². The van der Waals surface area contributed by atoms with Gasteiger partial charge >= 0.3 is 5.97 Å². The fourth-order valence-corrected chi connectivity index (χ4v) is 9.39. The van der Waals surface area contributed by atoms with E-state index in [0.717, 1.165) is 44.9 Å². The van der Waals surface area contributed by atoms with Gasteiger partial charge < -0.3 is 20.3 Å².